The van der Waals surface area contributed by atoms with Crippen LogP contribution < -0.4 is 0 Å². The minimum absolute atomic E-state index is 0.519. The molecule has 1 aliphatic carbocycles. The molecule has 1 saturated heterocycles. The highest BCUT2D eigenvalue weighted by Crippen LogP contribution is 2.32. The summed E-state index contributed by atoms with van der Waals surface area (Å²) in [6.45, 7) is 5.57. The fourth-order valence-electron chi connectivity index (χ4n) is 4.27. The van der Waals surface area contributed by atoms with Crippen molar-refractivity contribution in [3.8, 4) is 0 Å². The van der Waals surface area contributed by atoms with Crippen LogP contribution in [0.25, 0.3) is 0 Å². The van der Waals surface area contributed by atoms with Gasteiger partial charge in [-0.05, 0) is 71.4 Å². The van der Waals surface area contributed by atoms with E-state index < -0.39 is 0 Å². The molecule has 0 amide bonds. The van der Waals surface area contributed by atoms with Crippen molar-refractivity contribution in [1.82, 2.24) is 24.4 Å². The zero-order valence-corrected chi connectivity index (χ0v) is 14.8. The maximum absolute atomic E-state index is 4.95. The minimum atomic E-state index is 0.519. The van der Waals surface area contributed by atoms with E-state index in [1.165, 1.54) is 81.7 Å². The standard InChI is InChI=1S/C19H29N5/c1-15-20-10-14-23(15)11-4-5-12-24-13-6-9-18(24)19-21-16-7-2-3-8-17(16)22-19/h10,14,18H,2-9,11-13H2,1H3,(H,21,22). The topological polar surface area (TPSA) is 49.7 Å². The van der Waals surface area contributed by atoms with Gasteiger partial charge in [0.1, 0.15) is 11.6 Å². The molecule has 1 fully saturated rings. The number of imidazole rings is 2. The summed E-state index contributed by atoms with van der Waals surface area (Å²) >= 11 is 0. The van der Waals surface area contributed by atoms with Crippen molar-refractivity contribution in [1.29, 1.82) is 0 Å². The van der Waals surface area contributed by atoms with Crippen LogP contribution in [0.4, 0.5) is 0 Å². The third-order valence-corrected chi connectivity index (χ3v) is 5.67. The van der Waals surface area contributed by atoms with Gasteiger partial charge in [0.2, 0.25) is 0 Å². The highest BCUT2D eigenvalue weighted by atomic mass is 15.2. The number of fused-ring (bicyclic) bond motifs is 1. The van der Waals surface area contributed by atoms with Gasteiger partial charge in [-0.15, -0.1) is 0 Å². The van der Waals surface area contributed by atoms with Gasteiger partial charge in [0.05, 0.1) is 11.7 Å². The van der Waals surface area contributed by atoms with Crippen LogP contribution in [0, 0.1) is 6.92 Å². The van der Waals surface area contributed by atoms with Gasteiger partial charge in [0, 0.05) is 24.6 Å². The molecule has 1 unspecified atom stereocenters. The molecule has 0 spiro atoms. The predicted octanol–water partition coefficient (Wildman–Crippen LogP) is 3.41. The van der Waals surface area contributed by atoms with Gasteiger partial charge in [-0.1, -0.05) is 0 Å². The first-order valence-corrected chi connectivity index (χ1v) is 9.61. The van der Waals surface area contributed by atoms with Crippen LogP contribution in [0.2, 0.25) is 0 Å². The molecule has 0 saturated carbocycles. The van der Waals surface area contributed by atoms with Gasteiger partial charge >= 0.3 is 0 Å². The highest BCUT2D eigenvalue weighted by molar-refractivity contribution is 5.19. The lowest BCUT2D eigenvalue weighted by Gasteiger charge is -2.22. The van der Waals surface area contributed by atoms with Crippen LogP contribution in [-0.4, -0.2) is 37.5 Å². The van der Waals surface area contributed by atoms with Gasteiger partial charge in [-0.25, -0.2) is 9.97 Å². The molecule has 2 aromatic heterocycles. The first-order chi connectivity index (χ1) is 11.8. The molecule has 5 heteroatoms. The molecule has 2 aromatic rings. The van der Waals surface area contributed by atoms with Gasteiger partial charge in [0.25, 0.3) is 0 Å². The normalized spacial score (nSPS) is 21.3. The molecule has 1 aliphatic heterocycles. The number of rotatable bonds is 6. The largest absolute Gasteiger partial charge is 0.344 e. The average molecular weight is 327 g/mol. The first-order valence-electron chi connectivity index (χ1n) is 9.61. The first kappa shape index (κ1) is 15.9. The Labute approximate surface area is 144 Å². The summed E-state index contributed by atoms with van der Waals surface area (Å²) in [6.07, 6.45) is 14.0. The Morgan fingerprint density at radius 1 is 1.17 bits per heavy atom. The SMILES string of the molecule is Cc1nccn1CCCCN1CCCC1c1nc2c([nH]1)CCCC2. The van der Waals surface area contributed by atoms with Gasteiger partial charge < -0.3 is 9.55 Å². The number of nitrogens with zero attached hydrogens (tertiary/aromatic N) is 4. The monoisotopic (exact) mass is 327 g/mol. The summed E-state index contributed by atoms with van der Waals surface area (Å²) in [6, 6.07) is 0.519. The van der Waals surface area contributed by atoms with Crippen LogP contribution in [0.15, 0.2) is 12.4 Å². The van der Waals surface area contributed by atoms with Gasteiger partial charge in [-0.2, -0.15) is 0 Å². The van der Waals surface area contributed by atoms with Gasteiger partial charge in [-0.3, -0.25) is 4.90 Å². The molecule has 4 rings (SSSR count). The molecule has 3 heterocycles. The average Bonchev–Trinajstić information content (AvgIpc) is 3.30. The van der Waals surface area contributed by atoms with Crippen molar-refractivity contribution in [2.75, 3.05) is 13.1 Å². The minimum Gasteiger partial charge on any atom is -0.344 e. The van der Waals surface area contributed by atoms with Gasteiger partial charge in [0.15, 0.2) is 0 Å². The Morgan fingerprint density at radius 2 is 2.04 bits per heavy atom. The molecule has 130 valence electrons. The molecule has 0 radical (unpaired) electrons. The summed E-state index contributed by atoms with van der Waals surface area (Å²) in [7, 11) is 0. The second-order valence-corrected chi connectivity index (χ2v) is 7.32. The molecule has 5 nitrogen and oxygen atoms in total. The van der Waals surface area contributed by atoms with Crippen molar-refractivity contribution >= 4 is 0 Å². The fraction of sp³-hybridized carbons (Fsp3) is 0.684. The van der Waals surface area contributed by atoms with E-state index in [1.807, 2.05) is 6.20 Å². The Morgan fingerprint density at radius 3 is 2.88 bits per heavy atom. The number of nitrogens with one attached hydrogen (secondary N) is 1. The lowest BCUT2D eigenvalue weighted by Crippen LogP contribution is -2.25. The number of hydrogen-bond donors (Lipinski definition) is 1. The second kappa shape index (κ2) is 7.09. The van der Waals surface area contributed by atoms with Crippen LogP contribution >= 0.6 is 0 Å². The van der Waals surface area contributed by atoms with E-state index in [9.17, 15) is 0 Å². The fourth-order valence-corrected chi connectivity index (χ4v) is 4.27. The van der Waals surface area contributed by atoms with Crippen LogP contribution in [0.3, 0.4) is 0 Å². The van der Waals surface area contributed by atoms with E-state index in [2.05, 4.69) is 32.6 Å². The molecular formula is C19H29N5. The van der Waals surface area contributed by atoms with Crippen LogP contribution in [0.5, 0.6) is 0 Å². The van der Waals surface area contributed by atoms with Crippen molar-refractivity contribution < 1.29 is 0 Å². The lowest BCUT2D eigenvalue weighted by molar-refractivity contribution is 0.242. The van der Waals surface area contributed by atoms with E-state index in [0.717, 1.165) is 12.4 Å². The van der Waals surface area contributed by atoms with Crippen molar-refractivity contribution in [3.05, 3.63) is 35.4 Å². The summed E-state index contributed by atoms with van der Waals surface area (Å²) < 4.78 is 2.25. The maximum Gasteiger partial charge on any atom is 0.124 e. The Balaban J connectivity index is 1.31. The highest BCUT2D eigenvalue weighted by Gasteiger charge is 2.29. The molecule has 24 heavy (non-hydrogen) atoms. The Bertz CT molecular complexity index is 648. The summed E-state index contributed by atoms with van der Waals surface area (Å²) in [4.78, 5) is 15.6. The quantitative estimate of drug-likeness (QED) is 0.827. The number of aromatic amines is 1. The predicted molar refractivity (Wildman–Crippen MR) is 95.0 cm³/mol. The Hall–Kier alpha value is -1.62. The summed E-state index contributed by atoms with van der Waals surface area (Å²) in [5.74, 6) is 2.36. The number of H-pyrrole nitrogens is 1. The third kappa shape index (κ3) is 3.27. The number of likely N-dealkylation sites (tertiary alicyclic amines) is 1. The third-order valence-electron chi connectivity index (χ3n) is 5.67. The molecule has 2 aliphatic rings. The smallest absolute Gasteiger partial charge is 0.124 e. The van der Waals surface area contributed by atoms with E-state index in [0.29, 0.717) is 6.04 Å². The molecular weight excluding hydrogens is 298 g/mol. The molecule has 0 aromatic carbocycles. The number of hydrogen-bond acceptors (Lipinski definition) is 3. The van der Waals surface area contributed by atoms with E-state index in [4.69, 9.17) is 4.98 Å². The number of aromatic nitrogens is 4. The van der Waals surface area contributed by atoms with Crippen LogP contribution in [-0.2, 0) is 19.4 Å². The van der Waals surface area contributed by atoms with E-state index in [-0.39, 0.29) is 0 Å². The number of aryl methyl sites for hydroxylation is 4. The maximum atomic E-state index is 4.95. The van der Waals surface area contributed by atoms with Crippen LogP contribution in [0.1, 0.15) is 67.6 Å². The van der Waals surface area contributed by atoms with E-state index >= 15 is 0 Å². The number of unbranched alkanes of at least 4 members (excludes halogenated alkanes) is 1. The Kier molecular flexibility index (Phi) is 4.69. The lowest BCUT2D eigenvalue weighted by atomic mass is 10.0. The summed E-state index contributed by atoms with van der Waals surface area (Å²) in [5, 5.41) is 0. The summed E-state index contributed by atoms with van der Waals surface area (Å²) in [5.41, 5.74) is 2.76. The van der Waals surface area contributed by atoms with E-state index in [1.54, 1.807) is 0 Å². The zero-order chi connectivity index (χ0) is 16.4. The molecule has 1 N–H and O–H groups in total. The molecule has 1 atom stereocenters. The van der Waals surface area contributed by atoms with Crippen molar-refractivity contribution in [2.45, 2.75) is 70.9 Å². The zero-order valence-electron chi connectivity index (χ0n) is 14.8. The molecule has 0 bridgehead atoms. The van der Waals surface area contributed by atoms with Crippen molar-refractivity contribution in [2.24, 2.45) is 0 Å². The second-order valence-electron chi connectivity index (χ2n) is 7.32. The van der Waals surface area contributed by atoms with Crippen molar-refractivity contribution in [3.63, 3.8) is 0 Å².